The lowest BCUT2D eigenvalue weighted by molar-refractivity contribution is -0.146. The number of benzene rings is 1. The molecule has 12 heteroatoms. The Labute approximate surface area is 183 Å². The quantitative estimate of drug-likeness (QED) is 0.232. The van der Waals surface area contributed by atoms with E-state index >= 15 is 0 Å². The molecule has 0 aromatic heterocycles. The van der Waals surface area contributed by atoms with E-state index in [1.807, 2.05) is 0 Å². The Morgan fingerprint density at radius 2 is 1.81 bits per heavy atom. The highest BCUT2D eigenvalue weighted by Crippen LogP contribution is 2.23. The fraction of sp³-hybridized carbons (Fsp3) is 0.450. The van der Waals surface area contributed by atoms with E-state index in [0.29, 0.717) is 5.75 Å². The highest BCUT2D eigenvalue weighted by Gasteiger charge is 2.44. The molecular formula is C20H27N3O9. The number of aliphatic hydroxyl groups is 3. The summed E-state index contributed by atoms with van der Waals surface area (Å²) in [6.45, 7) is 0.498. The molecule has 3 amide bonds. The molecule has 1 aromatic rings. The summed E-state index contributed by atoms with van der Waals surface area (Å²) in [5.74, 6) is -1.97. The van der Waals surface area contributed by atoms with Gasteiger partial charge in [0, 0.05) is 13.5 Å². The largest absolute Gasteiger partial charge is 0.497 e. The number of carbonyl (C=O) groups excluding carboxylic acids is 2. The van der Waals surface area contributed by atoms with Gasteiger partial charge in [0.15, 0.2) is 0 Å². The van der Waals surface area contributed by atoms with E-state index in [9.17, 15) is 29.7 Å². The molecule has 1 aliphatic rings. The number of amides is 3. The average Bonchev–Trinajstić information content (AvgIpc) is 2.77. The van der Waals surface area contributed by atoms with E-state index in [2.05, 4.69) is 16.0 Å². The Hall–Kier alpha value is -3.35. The van der Waals surface area contributed by atoms with Gasteiger partial charge in [0.25, 0.3) is 0 Å². The van der Waals surface area contributed by atoms with Crippen molar-refractivity contribution in [3.63, 3.8) is 0 Å². The first-order valence-electron chi connectivity index (χ1n) is 9.69. The van der Waals surface area contributed by atoms with Gasteiger partial charge in [-0.05, 0) is 23.8 Å². The molecule has 0 saturated heterocycles. The number of urea groups is 1. The molecule has 1 heterocycles. The third kappa shape index (κ3) is 6.57. The van der Waals surface area contributed by atoms with Crippen LogP contribution < -0.4 is 20.7 Å². The van der Waals surface area contributed by atoms with Crippen molar-refractivity contribution in [2.24, 2.45) is 0 Å². The van der Waals surface area contributed by atoms with Crippen molar-refractivity contribution >= 4 is 17.9 Å². The standard InChI is InChI=1S/C20H27N3O9/c1-10(25)22-16-13(7-15(19(28)29)32-18(16)17(27)14(26)9-24)23-20(30)21-8-11-3-5-12(31-2)6-4-11/h3-7,13-14,16-18,24,26-27H,8-9H2,1-2H3,(H,22,25)(H,28,29)(H2,21,23,30)/t13-,14+,16+,17+,18+/m0/s1. The molecule has 2 rings (SSSR count). The van der Waals surface area contributed by atoms with Gasteiger partial charge in [-0.15, -0.1) is 0 Å². The van der Waals surface area contributed by atoms with Crippen molar-refractivity contribution in [3.8, 4) is 5.75 Å². The van der Waals surface area contributed by atoms with Crippen molar-refractivity contribution in [2.45, 2.75) is 43.9 Å². The zero-order valence-electron chi connectivity index (χ0n) is 17.5. The molecule has 5 atom stereocenters. The van der Waals surface area contributed by atoms with E-state index in [-0.39, 0.29) is 6.54 Å². The predicted octanol–water partition coefficient (Wildman–Crippen LogP) is -1.55. The molecule has 12 nitrogen and oxygen atoms in total. The van der Waals surface area contributed by atoms with Gasteiger partial charge < -0.3 is 45.9 Å². The minimum Gasteiger partial charge on any atom is -0.497 e. The SMILES string of the molecule is COc1ccc(CNC(=O)N[C@H]2C=C(C(=O)O)O[C@@H]([C@H](O)[C@H](O)CO)[C@@H]2NC(C)=O)cc1. The number of hydrogen-bond acceptors (Lipinski definition) is 8. The highest BCUT2D eigenvalue weighted by atomic mass is 16.5. The summed E-state index contributed by atoms with van der Waals surface area (Å²) in [4.78, 5) is 35.6. The van der Waals surface area contributed by atoms with E-state index in [4.69, 9.17) is 14.6 Å². The maximum atomic E-state index is 12.5. The van der Waals surface area contributed by atoms with E-state index in [0.717, 1.165) is 11.6 Å². The van der Waals surface area contributed by atoms with Crippen molar-refractivity contribution < 1.29 is 44.3 Å². The molecule has 1 aromatic carbocycles. The number of carboxylic acid groups (broad SMARTS) is 1. The van der Waals surface area contributed by atoms with Gasteiger partial charge >= 0.3 is 12.0 Å². The van der Waals surface area contributed by atoms with Crippen molar-refractivity contribution in [2.75, 3.05) is 13.7 Å². The smallest absolute Gasteiger partial charge is 0.370 e. The van der Waals surface area contributed by atoms with Crippen LogP contribution in [-0.2, 0) is 20.9 Å². The zero-order valence-corrected chi connectivity index (χ0v) is 17.5. The number of aliphatic carboxylic acids is 1. The number of methoxy groups -OCH3 is 1. The fourth-order valence-electron chi connectivity index (χ4n) is 3.13. The summed E-state index contributed by atoms with van der Waals surface area (Å²) in [7, 11) is 1.53. The Morgan fingerprint density at radius 3 is 2.34 bits per heavy atom. The van der Waals surface area contributed by atoms with Gasteiger partial charge in [-0.25, -0.2) is 9.59 Å². The summed E-state index contributed by atoms with van der Waals surface area (Å²) in [5, 5.41) is 46.2. The second-order valence-corrected chi connectivity index (χ2v) is 7.09. The third-order valence-electron chi connectivity index (χ3n) is 4.74. The number of ether oxygens (including phenoxy) is 2. The third-order valence-corrected chi connectivity index (χ3v) is 4.74. The Balaban J connectivity index is 2.19. The van der Waals surface area contributed by atoms with Crippen LogP contribution in [0.15, 0.2) is 36.1 Å². The van der Waals surface area contributed by atoms with Crippen LogP contribution in [0.3, 0.4) is 0 Å². The topological polar surface area (TPSA) is 187 Å². The summed E-state index contributed by atoms with van der Waals surface area (Å²) in [6, 6.07) is 4.01. The first-order valence-corrected chi connectivity index (χ1v) is 9.69. The second kappa shape index (κ2) is 11.3. The number of hydrogen-bond donors (Lipinski definition) is 7. The summed E-state index contributed by atoms with van der Waals surface area (Å²) < 4.78 is 10.3. The average molecular weight is 453 g/mol. The maximum absolute atomic E-state index is 12.5. The lowest BCUT2D eigenvalue weighted by Crippen LogP contribution is -2.64. The number of aliphatic hydroxyl groups excluding tert-OH is 3. The van der Waals surface area contributed by atoms with E-state index < -0.39 is 60.7 Å². The van der Waals surface area contributed by atoms with Crippen LogP contribution in [0.25, 0.3) is 0 Å². The minimum atomic E-state index is -1.76. The second-order valence-electron chi connectivity index (χ2n) is 7.09. The van der Waals surface area contributed by atoms with E-state index in [1.54, 1.807) is 24.3 Å². The van der Waals surface area contributed by atoms with Gasteiger partial charge in [0.1, 0.15) is 24.1 Å². The Bertz CT molecular complexity index is 843. The van der Waals surface area contributed by atoms with Gasteiger partial charge in [-0.3, -0.25) is 4.79 Å². The van der Waals surface area contributed by atoms with Crippen LogP contribution in [0, 0.1) is 0 Å². The van der Waals surface area contributed by atoms with Crippen LogP contribution in [0.2, 0.25) is 0 Å². The molecule has 7 N–H and O–H groups in total. The number of carboxylic acids is 1. The molecule has 0 saturated carbocycles. The van der Waals surface area contributed by atoms with Gasteiger partial charge in [-0.1, -0.05) is 12.1 Å². The van der Waals surface area contributed by atoms with Crippen LogP contribution in [-0.4, -0.2) is 82.4 Å². The number of carbonyl (C=O) groups is 3. The first kappa shape index (κ1) is 24.9. The maximum Gasteiger partial charge on any atom is 0.370 e. The van der Waals surface area contributed by atoms with Crippen LogP contribution in [0.5, 0.6) is 5.75 Å². The van der Waals surface area contributed by atoms with Crippen molar-refractivity contribution in [3.05, 3.63) is 41.7 Å². The van der Waals surface area contributed by atoms with E-state index in [1.165, 1.54) is 14.0 Å². The molecular weight excluding hydrogens is 426 g/mol. The Kier molecular flexibility index (Phi) is 8.81. The molecule has 0 bridgehead atoms. The van der Waals surface area contributed by atoms with Gasteiger partial charge in [-0.2, -0.15) is 0 Å². The normalized spacial score (nSPS) is 21.9. The Morgan fingerprint density at radius 1 is 1.16 bits per heavy atom. The number of rotatable bonds is 9. The first-order chi connectivity index (χ1) is 15.2. The molecule has 0 aliphatic carbocycles. The summed E-state index contributed by atoms with van der Waals surface area (Å²) in [5.41, 5.74) is 0.771. The van der Waals surface area contributed by atoms with Gasteiger partial charge in [0.05, 0.1) is 25.8 Å². The lowest BCUT2D eigenvalue weighted by atomic mass is 9.92. The fourth-order valence-corrected chi connectivity index (χ4v) is 3.13. The summed E-state index contributed by atoms with van der Waals surface area (Å²) >= 11 is 0. The zero-order chi connectivity index (χ0) is 23.8. The van der Waals surface area contributed by atoms with Crippen molar-refractivity contribution in [1.82, 2.24) is 16.0 Å². The van der Waals surface area contributed by atoms with Crippen LogP contribution in [0.1, 0.15) is 12.5 Å². The molecule has 0 unspecified atom stereocenters. The molecule has 32 heavy (non-hydrogen) atoms. The van der Waals surface area contributed by atoms with Crippen LogP contribution in [0.4, 0.5) is 4.79 Å². The monoisotopic (exact) mass is 453 g/mol. The molecule has 0 fully saturated rings. The van der Waals surface area contributed by atoms with Crippen LogP contribution >= 0.6 is 0 Å². The highest BCUT2D eigenvalue weighted by molar-refractivity contribution is 5.85. The predicted molar refractivity (Wildman–Crippen MR) is 109 cm³/mol. The molecule has 176 valence electrons. The summed E-state index contributed by atoms with van der Waals surface area (Å²) in [6.07, 6.45) is -3.82. The lowest BCUT2D eigenvalue weighted by Gasteiger charge is -2.40. The number of nitrogens with one attached hydrogen (secondary N) is 3. The minimum absolute atomic E-state index is 0.147. The molecule has 0 spiro atoms. The van der Waals surface area contributed by atoms with Gasteiger partial charge in [0.2, 0.25) is 11.7 Å². The van der Waals surface area contributed by atoms with Crippen molar-refractivity contribution in [1.29, 1.82) is 0 Å². The molecule has 0 radical (unpaired) electrons. The molecule has 1 aliphatic heterocycles.